The van der Waals surface area contributed by atoms with Crippen molar-refractivity contribution < 1.29 is 22.8 Å². The number of aromatic nitrogens is 2. The minimum atomic E-state index is -3.68. The van der Waals surface area contributed by atoms with Crippen molar-refractivity contribution in [2.24, 2.45) is 5.73 Å². The van der Waals surface area contributed by atoms with Gasteiger partial charge in [-0.15, -0.1) is 8.78 Å². The predicted molar refractivity (Wildman–Crippen MR) is 53.8 cm³/mol. The Morgan fingerprint density at radius 2 is 2.11 bits per heavy atom. The highest BCUT2D eigenvalue weighted by Gasteiger charge is 2.45. The monoisotopic (exact) mass is 255 g/mol. The lowest BCUT2D eigenvalue weighted by atomic mass is 10.2. The van der Waals surface area contributed by atoms with Crippen LogP contribution in [0, 0.1) is 0 Å². The van der Waals surface area contributed by atoms with Crippen LogP contribution in [0.2, 0.25) is 0 Å². The van der Waals surface area contributed by atoms with Gasteiger partial charge in [-0.2, -0.15) is 4.98 Å². The van der Waals surface area contributed by atoms with Crippen LogP contribution in [0.3, 0.4) is 0 Å². The van der Waals surface area contributed by atoms with Crippen LogP contribution >= 0.6 is 0 Å². The zero-order valence-corrected chi connectivity index (χ0v) is 8.89. The highest BCUT2D eigenvalue weighted by atomic mass is 19.3. The van der Waals surface area contributed by atoms with Gasteiger partial charge in [-0.3, -0.25) is 0 Å². The number of benzene rings is 1. The summed E-state index contributed by atoms with van der Waals surface area (Å²) in [6.07, 6.45) is -3.68. The lowest BCUT2D eigenvalue weighted by Gasteiger charge is -2.05. The summed E-state index contributed by atoms with van der Waals surface area (Å²) in [7, 11) is 0. The standard InChI is InChI=1S/C10H7F2N3O3/c11-10(12)16-6-3-1-2-5(8(6)17-10)9-14-7(4-13)18-15-9/h1-3H,4,13H2. The minimum Gasteiger partial charge on any atom is -0.395 e. The lowest BCUT2D eigenvalue weighted by molar-refractivity contribution is -0.286. The Bertz CT molecular complexity index is 600. The average Bonchev–Trinajstić information content (AvgIpc) is 2.89. The molecule has 2 heterocycles. The first-order valence-corrected chi connectivity index (χ1v) is 5.01. The van der Waals surface area contributed by atoms with Gasteiger partial charge in [0.1, 0.15) is 0 Å². The maximum atomic E-state index is 13.0. The molecule has 1 aliphatic heterocycles. The van der Waals surface area contributed by atoms with Gasteiger partial charge in [0.15, 0.2) is 11.5 Å². The van der Waals surface area contributed by atoms with Crippen molar-refractivity contribution in [3.63, 3.8) is 0 Å². The highest BCUT2D eigenvalue weighted by Crippen LogP contribution is 2.46. The van der Waals surface area contributed by atoms with Crippen molar-refractivity contribution in [3.8, 4) is 22.9 Å². The molecule has 0 amide bonds. The first-order valence-electron chi connectivity index (χ1n) is 5.01. The van der Waals surface area contributed by atoms with E-state index in [1.54, 1.807) is 0 Å². The summed E-state index contributed by atoms with van der Waals surface area (Å²) in [5, 5.41) is 3.64. The van der Waals surface area contributed by atoms with Crippen molar-refractivity contribution in [2.45, 2.75) is 12.8 Å². The van der Waals surface area contributed by atoms with Crippen molar-refractivity contribution in [3.05, 3.63) is 24.1 Å². The molecule has 2 aromatic rings. The van der Waals surface area contributed by atoms with E-state index in [-0.39, 0.29) is 35.3 Å². The molecule has 94 valence electrons. The molecule has 0 aliphatic carbocycles. The van der Waals surface area contributed by atoms with Gasteiger partial charge in [-0.05, 0) is 12.1 Å². The molecule has 0 radical (unpaired) electrons. The normalized spacial score (nSPS) is 15.9. The Morgan fingerprint density at radius 3 is 2.83 bits per heavy atom. The van der Waals surface area contributed by atoms with Crippen LogP contribution in [0.5, 0.6) is 11.5 Å². The number of para-hydroxylation sites is 1. The molecule has 6 nitrogen and oxygen atoms in total. The largest absolute Gasteiger partial charge is 0.586 e. The van der Waals surface area contributed by atoms with Crippen molar-refractivity contribution in [1.29, 1.82) is 0 Å². The summed E-state index contributed by atoms with van der Waals surface area (Å²) in [5.41, 5.74) is 5.58. The number of fused-ring (bicyclic) bond motifs is 1. The fourth-order valence-electron chi connectivity index (χ4n) is 1.59. The Kier molecular flexibility index (Phi) is 2.20. The number of hydrogen-bond acceptors (Lipinski definition) is 6. The van der Waals surface area contributed by atoms with Gasteiger partial charge in [0.05, 0.1) is 12.1 Å². The van der Waals surface area contributed by atoms with Crippen LogP contribution in [0.1, 0.15) is 5.89 Å². The van der Waals surface area contributed by atoms with Gasteiger partial charge in [-0.25, -0.2) is 0 Å². The summed E-state index contributed by atoms with van der Waals surface area (Å²) in [6.45, 7) is 0.0650. The van der Waals surface area contributed by atoms with Gasteiger partial charge in [-0.1, -0.05) is 11.2 Å². The van der Waals surface area contributed by atoms with Crippen LogP contribution in [0.25, 0.3) is 11.4 Å². The van der Waals surface area contributed by atoms with E-state index in [0.29, 0.717) is 0 Å². The van der Waals surface area contributed by atoms with E-state index in [4.69, 9.17) is 10.3 Å². The van der Waals surface area contributed by atoms with Crippen molar-refractivity contribution in [2.75, 3.05) is 0 Å². The molecule has 0 unspecified atom stereocenters. The van der Waals surface area contributed by atoms with E-state index in [1.807, 2.05) is 0 Å². The molecule has 3 rings (SSSR count). The zero-order valence-electron chi connectivity index (χ0n) is 8.89. The van der Waals surface area contributed by atoms with Crippen LogP contribution in [-0.2, 0) is 6.54 Å². The molecular formula is C10H7F2N3O3. The first kappa shape index (κ1) is 10.9. The topological polar surface area (TPSA) is 83.4 Å². The Hall–Kier alpha value is -2.22. The van der Waals surface area contributed by atoms with Gasteiger partial charge in [0.25, 0.3) is 0 Å². The molecule has 2 N–H and O–H groups in total. The van der Waals surface area contributed by atoms with Crippen LogP contribution in [0.15, 0.2) is 22.7 Å². The molecule has 1 aromatic heterocycles. The molecule has 18 heavy (non-hydrogen) atoms. The van der Waals surface area contributed by atoms with E-state index >= 15 is 0 Å². The maximum Gasteiger partial charge on any atom is 0.586 e. The predicted octanol–water partition coefficient (Wildman–Crippen LogP) is 1.52. The zero-order chi connectivity index (χ0) is 12.8. The molecule has 0 atom stereocenters. The summed E-state index contributed by atoms with van der Waals surface area (Å²) in [6, 6.07) is 4.41. The summed E-state index contributed by atoms with van der Waals surface area (Å²) in [5.74, 6) is 0.130. The van der Waals surface area contributed by atoms with E-state index in [0.717, 1.165) is 0 Å². The number of halogens is 2. The first-order chi connectivity index (χ1) is 8.59. The summed E-state index contributed by atoms with van der Waals surface area (Å²) < 4.78 is 39.5. The van der Waals surface area contributed by atoms with Gasteiger partial charge < -0.3 is 19.7 Å². The van der Waals surface area contributed by atoms with E-state index in [1.165, 1.54) is 18.2 Å². The fraction of sp³-hybridized carbons (Fsp3) is 0.200. The molecule has 0 saturated carbocycles. The van der Waals surface area contributed by atoms with Gasteiger partial charge >= 0.3 is 6.29 Å². The molecule has 0 saturated heterocycles. The Morgan fingerprint density at radius 1 is 1.28 bits per heavy atom. The second-order valence-electron chi connectivity index (χ2n) is 3.52. The van der Waals surface area contributed by atoms with Gasteiger partial charge in [0, 0.05) is 0 Å². The summed E-state index contributed by atoms with van der Waals surface area (Å²) >= 11 is 0. The molecule has 1 aliphatic rings. The number of ether oxygens (including phenoxy) is 2. The molecule has 0 spiro atoms. The number of rotatable bonds is 2. The Labute approximate surface area is 99.3 Å². The molecule has 0 bridgehead atoms. The second-order valence-corrected chi connectivity index (χ2v) is 3.52. The van der Waals surface area contributed by atoms with Crippen LogP contribution < -0.4 is 15.2 Å². The number of nitrogens with zero attached hydrogens (tertiary/aromatic N) is 2. The molecule has 1 aromatic carbocycles. The maximum absolute atomic E-state index is 13.0. The fourth-order valence-corrected chi connectivity index (χ4v) is 1.59. The highest BCUT2D eigenvalue weighted by molar-refractivity contribution is 5.69. The van der Waals surface area contributed by atoms with Gasteiger partial charge in [0.2, 0.25) is 11.7 Å². The second kappa shape index (κ2) is 3.64. The SMILES string of the molecule is NCc1nc(-c2cccc3c2OC(F)(F)O3)no1. The Balaban J connectivity index is 2.07. The van der Waals surface area contributed by atoms with Crippen molar-refractivity contribution in [1.82, 2.24) is 10.1 Å². The van der Waals surface area contributed by atoms with Crippen molar-refractivity contribution >= 4 is 0 Å². The molecule has 8 heteroatoms. The molecular weight excluding hydrogens is 248 g/mol. The third-order valence-electron chi connectivity index (χ3n) is 2.31. The smallest absolute Gasteiger partial charge is 0.395 e. The number of alkyl halides is 2. The third-order valence-corrected chi connectivity index (χ3v) is 2.31. The van der Waals surface area contributed by atoms with E-state index in [9.17, 15) is 8.78 Å². The van der Waals surface area contributed by atoms with E-state index in [2.05, 4.69) is 19.6 Å². The van der Waals surface area contributed by atoms with E-state index < -0.39 is 6.29 Å². The third kappa shape index (κ3) is 1.66. The lowest BCUT2D eigenvalue weighted by Crippen LogP contribution is -2.26. The molecule has 0 fully saturated rings. The minimum absolute atomic E-state index is 0.0650. The summed E-state index contributed by atoms with van der Waals surface area (Å²) in [4.78, 5) is 3.94. The quantitative estimate of drug-likeness (QED) is 0.875. The van der Waals surface area contributed by atoms with Crippen LogP contribution in [0.4, 0.5) is 8.78 Å². The number of hydrogen-bond donors (Lipinski definition) is 1. The number of nitrogens with two attached hydrogens (primary N) is 1. The van der Waals surface area contributed by atoms with Crippen LogP contribution in [-0.4, -0.2) is 16.4 Å². The average molecular weight is 255 g/mol.